The number of fused-ring (bicyclic) bond motifs is 1. The van der Waals surface area contributed by atoms with Crippen molar-refractivity contribution in [3.8, 4) is 11.5 Å². The largest absolute Gasteiger partial charge is 0.490 e. The molecule has 2 aromatic carbocycles. The van der Waals surface area contributed by atoms with Crippen LogP contribution < -0.4 is 14.4 Å². The molecule has 7 nitrogen and oxygen atoms in total. The molecule has 1 aromatic heterocycles. The Kier molecular flexibility index (Phi) is 6.94. The predicted molar refractivity (Wildman–Crippen MR) is 127 cm³/mol. The first-order chi connectivity index (χ1) is 15.7. The molecule has 2 heterocycles. The Labute approximate surface area is 188 Å². The summed E-state index contributed by atoms with van der Waals surface area (Å²) in [7, 11) is 0. The molecule has 0 saturated carbocycles. The summed E-state index contributed by atoms with van der Waals surface area (Å²) in [6, 6.07) is 13.8. The molecule has 0 spiro atoms. The van der Waals surface area contributed by atoms with Gasteiger partial charge in [0.05, 0.1) is 24.2 Å². The topological polar surface area (TPSA) is 70.7 Å². The maximum Gasteiger partial charge on any atom is 0.246 e. The summed E-state index contributed by atoms with van der Waals surface area (Å²) in [5, 5.41) is 0. The molecule has 1 N–H and O–H groups in total. The van der Waals surface area contributed by atoms with Crippen LogP contribution in [0, 0.1) is 0 Å². The molecule has 1 aliphatic heterocycles. The highest BCUT2D eigenvalue weighted by molar-refractivity contribution is 5.92. The van der Waals surface area contributed by atoms with Crippen molar-refractivity contribution in [1.29, 1.82) is 0 Å². The van der Waals surface area contributed by atoms with Gasteiger partial charge in [-0.25, -0.2) is 4.98 Å². The zero-order valence-electron chi connectivity index (χ0n) is 18.7. The smallest absolute Gasteiger partial charge is 0.246 e. The van der Waals surface area contributed by atoms with Crippen molar-refractivity contribution < 1.29 is 14.3 Å². The number of benzene rings is 2. The summed E-state index contributed by atoms with van der Waals surface area (Å²) in [5.41, 5.74) is 2.90. The van der Waals surface area contributed by atoms with Gasteiger partial charge in [-0.1, -0.05) is 18.2 Å². The highest BCUT2D eigenvalue weighted by atomic mass is 16.5. The Morgan fingerprint density at radius 1 is 1.03 bits per heavy atom. The van der Waals surface area contributed by atoms with Gasteiger partial charge < -0.3 is 24.3 Å². The second kappa shape index (κ2) is 10.2. The van der Waals surface area contributed by atoms with Crippen LogP contribution in [0.4, 0.5) is 5.95 Å². The highest BCUT2D eigenvalue weighted by Crippen LogP contribution is 2.29. The summed E-state index contributed by atoms with van der Waals surface area (Å²) in [6.45, 7) is 8.02. The van der Waals surface area contributed by atoms with Gasteiger partial charge in [-0.3, -0.25) is 4.79 Å². The molecule has 0 unspecified atom stereocenters. The maximum absolute atomic E-state index is 12.8. The predicted octanol–water partition coefficient (Wildman–Crippen LogP) is 4.11. The average molecular weight is 435 g/mol. The van der Waals surface area contributed by atoms with E-state index in [9.17, 15) is 4.79 Å². The molecule has 0 radical (unpaired) electrons. The van der Waals surface area contributed by atoms with Gasteiger partial charge in [0.2, 0.25) is 11.9 Å². The lowest BCUT2D eigenvalue weighted by atomic mass is 10.2. The van der Waals surface area contributed by atoms with E-state index in [0.29, 0.717) is 25.5 Å². The standard InChI is InChI=1S/C25H30N4O3/c1-3-31-22-12-10-19(18-23(22)32-4-2)11-13-24(30)28-14-7-15-29(17-16-28)25-26-20-8-5-6-9-21(20)27-25/h5-6,8-13,18H,3-4,7,14-17H2,1-2H3,(H,26,27)/b13-11+. The second-order valence-electron chi connectivity index (χ2n) is 7.65. The van der Waals surface area contributed by atoms with Gasteiger partial charge in [-0.05, 0) is 56.2 Å². The SMILES string of the molecule is CCOc1ccc(/C=C/C(=O)N2CCCN(c3nc4ccccc4[nH]3)CC2)cc1OCC. The summed E-state index contributed by atoms with van der Waals surface area (Å²) in [5.74, 6) is 2.30. The fourth-order valence-electron chi connectivity index (χ4n) is 3.88. The van der Waals surface area contributed by atoms with Crippen LogP contribution in [0.25, 0.3) is 17.1 Å². The van der Waals surface area contributed by atoms with Crippen molar-refractivity contribution in [2.45, 2.75) is 20.3 Å². The molecule has 168 valence electrons. The van der Waals surface area contributed by atoms with Gasteiger partial charge in [0.25, 0.3) is 0 Å². The van der Waals surface area contributed by atoms with E-state index in [-0.39, 0.29) is 5.91 Å². The monoisotopic (exact) mass is 434 g/mol. The number of hydrogen-bond donors (Lipinski definition) is 1. The van der Waals surface area contributed by atoms with E-state index in [4.69, 9.17) is 14.5 Å². The minimum Gasteiger partial charge on any atom is -0.490 e. The quantitative estimate of drug-likeness (QED) is 0.567. The van der Waals surface area contributed by atoms with Crippen LogP contribution in [0.1, 0.15) is 25.8 Å². The number of amides is 1. The lowest BCUT2D eigenvalue weighted by Crippen LogP contribution is -2.34. The molecule has 4 rings (SSSR count). The molecular weight excluding hydrogens is 404 g/mol. The number of imidazole rings is 1. The molecule has 7 heteroatoms. The summed E-state index contributed by atoms with van der Waals surface area (Å²) < 4.78 is 11.3. The number of nitrogens with zero attached hydrogens (tertiary/aromatic N) is 3. The number of carbonyl (C=O) groups is 1. The third kappa shape index (κ3) is 5.04. The Hall–Kier alpha value is -3.48. The van der Waals surface area contributed by atoms with Crippen molar-refractivity contribution in [1.82, 2.24) is 14.9 Å². The van der Waals surface area contributed by atoms with Gasteiger partial charge in [-0.2, -0.15) is 0 Å². The van der Waals surface area contributed by atoms with E-state index in [1.165, 1.54) is 0 Å². The minimum atomic E-state index is 0.0169. The fourth-order valence-corrected chi connectivity index (χ4v) is 3.88. The van der Waals surface area contributed by atoms with Gasteiger partial charge in [0.1, 0.15) is 0 Å². The number of nitrogens with one attached hydrogen (secondary N) is 1. The third-order valence-corrected chi connectivity index (χ3v) is 5.47. The number of H-pyrrole nitrogens is 1. The van der Waals surface area contributed by atoms with Crippen LogP contribution in [-0.4, -0.2) is 60.2 Å². The summed E-state index contributed by atoms with van der Waals surface area (Å²) >= 11 is 0. The average Bonchev–Trinajstić information content (AvgIpc) is 3.08. The van der Waals surface area contributed by atoms with E-state index < -0.39 is 0 Å². The van der Waals surface area contributed by atoms with E-state index in [2.05, 4.69) is 9.88 Å². The van der Waals surface area contributed by atoms with Gasteiger partial charge in [0, 0.05) is 32.3 Å². The number of carbonyl (C=O) groups excluding carboxylic acids is 1. The normalized spacial score (nSPS) is 14.7. The summed E-state index contributed by atoms with van der Waals surface area (Å²) in [4.78, 5) is 25.0. The maximum atomic E-state index is 12.8. The molecule has 0 bridgehead atoms. The van der Waals surface area contributed by atoms with Crippen molar-refractivity contribution >= 4 is 29.0 Å². The Morgan fingerprint density at radius 2 is 1.84 bits per heavy atom. The molecule has 1 saturated heterocycles. The summed E-state index contributed by atoms with van der Waals surface area (Å²) in [6.07, 6.45) is 4.37. The fraction of sp³-hybridized carbons (Fsp3) is 0.360. The number of ether oxygens (including phenoxy) is 2. The van der Waals surface area contributed by atoms with Crippen molar-refractivity contribution in [2.24, 2.45) is 0 Å². The number of rotatable bonds is 7. The second-order valence-corrected chi connectivity index (χ2v) is 7.65. The first-order valence-electron chi connectivity index (χ1n) is 11.2. The van der Waals surface area contributed by atoms with Crippen molar-refractivity contribution in [2.75, 3.05) is 44.3 Å². The lowest BCUT2D eigenvalue weighted by Gasteiger charge is -2.20. The third-order valence-electron chi connectivity index (χ3n) is 5.47. The van der Waals surface area contributed by atoms with Crippen LogP contribution in [0.5, 0.6) is 11.5 Å². The molecule has 1 amide bonds. The van der Waals surface area contributed by atoms with E-state index >= 15 is 0 Å². The molecule has 1 fully saturated rings. The number of aromatic nitrogens is 2. The Bertz CT molecular complexity index is 1060. The molecule has 0 aliphatic carbocycles. The number of hydrogen-bond acceptors (Lipinski definition) is 5. The van der Waals surface area contributed by atoms with Crippen molar-refractivity contribution in [3.05, 3.63) is 54.1 Å². The first kappa shape index (κ1) is 21.7. The van der Waals surface area contributed by atoms with Gasteiger partial charge in [-0.15, -0.1) is 0 Å². The molecular formula is C25H30N4O3. The Balaban J connectivity index is 1.39. The van der Waals surface area contributed by atoms with Crippen molar-refractivity contribution in [3.63, 3.8) is 0 Å². The molecule has 1 aliphatic rings. The van der Waals surface area contributed by atoms with Crippen LogP contribution in [0.15, 0.2) is 48.5 Å². The van der Waals surface area contributed by atoms with Crippen LogP contribution in [0.3, 0.4) is 0 Å². The molecule has 3 aromatic rings. The Morgan fingerprint density at radius 3 is 2.66 bits per heavy atom. The zero-order chi connectivity index (χ0) is 22.3. The van der Waals surface area contributed by atoms with Crippen LogP contribution in [-0.2, 0) is 4.79 Å². The zero-order valence-corrected chi connectivity index (χ0v) is 18.7. The number of anilines is 1. The van der Waals surface area contributed by atoms with E-state index in [1.54, 1.807) is 6.08 Å². The van der Waals surface area contributed by atoms with Gasteiger partial charge in [0.15, 0.2) is 11.5 Å². The van der Waals surface area contributed by atoms with E-state index in [1.807, 2.05) is 67.3 Å². The first-order valence-corrected chi connectivity index (χ1v) is 11.2. The van der Waals surface area contributed by atoms with Gasteiger partial charge >= 0.3 is 0 Å². The number of para-hydroxylation sites is 2. The lowest BCUT2D eigenvalue weighted by molar-refractivity contribution is -0.125. The van der Waals surface area contributed by atoms with Crippen LogP contribution >= 0.6 is 0 Å². The molecule has 32 heavy (non-hydrogen) atoms. The molecule has 0 atom stereocenters. The minimum absolute atomic E-state index is 0.0169. The van der Waals surface area contributed by atoms with Crippen LogP contribution in [0.2, 0.25) is 0 Å². The number of aromatic amines is 1. The highest BCUT2D eigenvalue weighted by Gasteiger charge is 2.19. The van der Waals surface area contributed by atoms with E-state index in [0.717, 1.165) is 54.3 Å².